The van der Waals surface area contributed by atoms with E-state index in [-0.39, 0.29) is 30.9 Å². The molecule has 1 aliphatic rings. The molecule has 3 amide bonds. The lowest BCUT2D eigenvalue weighted by atomic mass is 10.1. The van der Waals surface area contributed by atoms with Crippen LogP contribution in [0, 0.1) is 11.6 Å². The number of pyridine rings is 1. The number of nitrogens with zero attached hydrogens (tertiary/aromatic N) is 2. The van der Waals surface area contributed by atoms with Crippen LogP contribution in [-0.2, 0) is 11.3 Å². The van der Waals surface area contributed by atoms with E-state index in [9.17, 15) is 28.6 Å². The third-order valence-corrected chi connectivity index (χ3v) is 7.60. The van der Waals surface area contributed by atoms with E-state index in [0.717, 1.165) is 16.8 Å². The second kappa shape index (κ2) is 10.9. The van der Waals surface area contributed by atoms with E-state index in [1.54, 1.807) is 12.3 Å². The van der Waals surface area contributed by atoms with Crippen molar-refractivity contribution in [3.8, 4) is 0 Å². The quantitative estimate of drug-likeness (QED) is 0.237. The molecule has 4 N–H and O–H groups in total. The Morgan fingerprint density at radius 2 is 1.97 bits per heavy atom. The molecule has 1 unspecified atom stereocenters. The Hall–Kier alpha value is -4.06. The van der Waals surface area contributed by atoms with Gasteiger partial charge in [-0.3, -0.25) is 5.32 Å². The lowest BCUT2D eigenvalue weighted by molar-refractivity contribution is 0.146. The second-order valence-electron chi connectivity index (χ2n) is 8.32. The van der Waals surface area contributed by atoms with E-state index in [1.165, 1.54) is 35.8 Å². The molecule has 0 spiro atoms. The first kappa shape index (κ1) is 26.0. The minimum atomic E-state index is -1.06. The maximum absolute atomic E-state index is 13.9. The molecule has 2 heterocycles. The van der Waals surface area contributed by atoms with Crippen molar-refractivity contribution in [1.82, 2.24) is 15.2 Å². The maximum atomic E-state index is 13.9. The van der Waals surface area contributed by atoms with Gasteiger partial charge in [-0.05, 0) is 17.5 Å². The normalized spacial score (nSPS) is 18.8. The summed E-state index contributed by atoms with van der Waals surface area (Å²) >= 11 is 1.24. The fraction of sp³-hybridized carbons (Fsp3) is 0.240. The number of aliphatic hydroxyl groups is 2. The summed E-state index contributed by atoms with van der Waals surface area (Å²) in [5.74, 6) is -2.15. The SMILES string of the molecule is CN(C(=O)NCc1cccc(F)c1F)[C@@]1(C/C(O)=C/O)SC1COC(=O)Nc1cc2ccccc2cn1. The van der Waals surface area contributed by atoms with E-state index < -0.39 is 33.9 Å². The number of hydrogen-bond acceptors (Lipinski definition) is 7. The van der Waals surface area contributed by atoms with E-state index in [4.69, 9.17) is 4.74 Å². The summed E-state index contributed by atoms with van der Waals surface area (Å²) in [5.41, 5.74) is -0.0313. The molecule has 1 aromatic heterocycles. The zero-order valence-electron chi connectivity index (χ0n) is 19.6. The van der Waals surface area contributed by atoms with E-state index >= 15 is 0 Å². The summed E-state index contributed by atoms with van der Waals surface area (Å²) in [6.07, 6.45) is 1.26. The molecule has 194 valence electrons. The summed E-state index contributed by atoms with van der Waals surface area (Å²) in [6.45, 7) is -0.378. The molecule has 1 saturated heterocycles. The maximum Gasteiger partial charge on any atom is 0.412 e. The summed E-state index contributed by atoms with van der Waals surface area (Å²) in [4.78, 5) is 29.5. The molecule has 1 aliphatic heterocycles. The summed E-state index contributed by atoms with van der Waals surface area (Å²) in [7, 11) is 1.45. The molecule has 2 aromatic carbocycles. The van der Waals surface area contributed by atoms with Crippen LogP contribution >= 0.6 is 11.8 Å². The number of anilines is 1. The highest BCUT2D eigenvalue weighted by Crippen LogP contribution is 2.58. The van der Waals surface area contributed by atoms with Crippen molar-refractivity contribution in [3.63, 3.8) is 0 Å². The number of amides is 3. The Labute approximate surface area is 215 Å². The summed E-state index contributed by atoms with van der Waals surface area (Å²) in [5, 5.41) is 25.5. The number of benzene rings is 2. The van der Waals surface area contributed by atoms with Gasteiger partial charge in [-0.1, -0.05) is 36.4 Å². The van der Waals surface area contributed by atoms with Crippen LogP contribution in [0.3, 0.4) is 0 Å². The lowest BCUT2D eigenvalue weighted by Gasteiger charge is -2.28. The number of carbonyl (C=O) groups is 2. The highest BCUT2D eigenvalue weighted by Gasteiger charge is 2.61. The first-order valence-electron chi connectivity index (χ1n) is 11.2. The van der Waals surface area contributed by atoms with Gasteiger partial charge < -0.3 is 25.2 Å². The number of fused-ring (bicyclic) bond motifs is 1. The zero-order chi connectivity index (χ0) is 26.6. The van der Waals surface area contributed by atoms with Gasteiger partial charge in [0.1, 0.15) is 29.3 Å². The molecule has 0 bridgehead atoms. The molecule has 0 radical (unpaired) electrons. The number of nitrogens with one attached hydrogen (secondary N) is 2. The van der Waals surface area contributed by atoms with E-state index in [1.807, 2.05) is 24.3 Å². The highest BCUT2D eigenvalue weighted by atomic mass is 32.2. The molecule has 0 aliphatic carbocycles. The first-order chi connectivity index (χ1) is 17.7. The van der Waals surface area contributed by atoms with Crippen LogP contribution in [0.5, 0.6) is 0 Å². The number of urea groups is 1. The molecule has 3 aromatic rings. The van der Waals surface area contributed by atoms with Crippen molar-refractivity contribution in [2.24, 2.45) is 0 Å². The highest BCUT2D eigenvalue weighted by molar-refractivity contribution is 8.08. The van der Waals surface area contributed by atoms with Crippen LogP contribution < -0.4 is 10.6 Å². The minimum absolute atomic E-state index is 0.0313. The van der Waals surface area contributed by atoms with Gasteiger partial charge in [0.2, 0.25) is 0 Å². The Balaban J connectivity index is 1.36. The molecular formula is C25H24F2N4O5S. The third kappa shape index (κ3) is 5.85. The Kier molecular flexibility index (Phi) is 7.67. The van der Waals surface area contributed by atoms with Crippen molar-refractivity contribution < 1.29 is 33.3 Å². The number of thioether (sulfide) groups is 1. The third-order valence-electron chi connectivity index (χ3n) is 5.94. The van der Waals surface area contributed by atoms with Gasteiger partial charge in [0.05, 0.1) is 5.25 Å². The minimum Gasteiger partial charge on any atom is -0.512 e. The summed E-state index contributed by atoms with van der Waals surface area (Å²) < 4.78 is 32.7. The number of hydrogen-bond donors (Lipinski definition) is 4. The number of aliphatic hydroxyl groups excluding tert-OH is 2. The molecule has 9 nitrogen and oxygen atoms in total. The van der Waals surface area contributed by atoms with Gasteiger partial charge in [0, 0.05) is 37.2 Å². The fourth-order valence-corrected chi connectivity index (χ4v) is 5.18. The number of carbonyl (C=O) groups excluding carboxylic acids is 2. The first-order valence-corrected chi connectivity index (χ1v) is 12.0. The standard InChI is InChI=1S/C25H24F2N4O5S/c1-31(23(34)29-12-17-7-4-8-19(26)22(17)27)25(10-18(33)13-32)20(37-25)14-36-24(35)30-21-9-15-5-2-3-6-16(15)11-28-21/h2-9,11,13,20,32-33H,10,12,14H2,1H3,(H,29,34)(H,28,30,35)/b18-13-/t20?,25-/m0/s1. The number of aromatic nitrogens is 1. The molecule has 37 heavy (non-hydrogen) atoms. The predicted octanol–water partition coefficient (Wildman–Crippen LogP) is 5.06. The molecule has 12 heteroatoms. The largest absolute Gasteiger partial charge is 0.512 e. The monoisotopic (exact) mass is 530 g/mol. The average molecular weight is 531 g/mol. The van der Waals surface area contributed by atoms with Gasteiger partial charge in [-0.25, -0.2) is 23.4 Å². The molecule has 2 atom stereocenters. The van der Waals surface area contributed by atoms with Gasteiger partial charge >= 0.3 is 12.1 Å². The van der Waals surface area contributed by atoms with Crippen molar-refractivity contribution >= 4 is 40.5 Å². The van der Waals surface area contributed by atoms with E-state index in [2.05, 4.69) is 15.6 Å². The molecule has 4 rings (SSSR count). The average Bonchev–Trinajstić information content (AvgIpc) is 3.60. The Morgan fingerprint density at radius 3 is 2.73 bits per heavy atom. The van der Waals surface area contributed by atoms with Crippen molar-refractivity contribution in [3.05, 3.63) is 83.9 Å². The lowest BCUT2D eigenvalue weighted by Crippen LogP contribution is -2.47. The van der Waals surface area contributed by atoms with Gasteiger partial charge in [0.15, 0.2) is 11.6 Å². The van der Waals surface area contributed by atoms with Crippen LogP contribution in [0.15, 0.2) is 66.7 Å². The smallest absolute Gasteiger partial charge is 0.412 e. The number of ether oxygens (including phenoxy) is 1. The Bertz CT molecular complexity index is 1360. The van der Waals surface area contributed by atoms with Gasteiger partial charge in [-0.15, -0.1) is 11.8 Å². The van der Waals surface area contributed by atoms with Crippen LogP contribution in [-0.4, -0.2) is 56.0 Å². The topological polar surface area (TPSA) is 124 Å². The molecular weight excluding hydrogens is 506 g/mol. The molecule has 0 saturated carbocycles. The number of halogens is 2. The molecule has 1 fully saturated rings. The Morgan fingerprint density at radius 1 is 1.22 bits per heavy atom. The van der Waals surface area contributed by atoms with Gasteiger partial charge in [0.25, 0.3) is 0 Å². The van der Waals surface area contributed by atoms with Crippen molar-refractivity contribution in [2.45, 2.75) is 23.1 Å². The number of rotatable bonds is 8. The van der Waals surface area contributed by atoms with Crippen molar-refractivity contribution in [1.29, 1.82) is 0 Å². The van der Waals surface area contributed by atoms with E-state index in [0.29, 0.717) is 12.1 Å². The second-order valence-corrected chi connectivity index (χ2v) is 9.83. The van der Waals surface area contributed by atoms with Crippen molar-refractivity contribution in [2.75, 3.05) is 19.0 Å². The van der Waals surface area contributed by atoms with Crippen LogP contribution in [0.2, 0.25) is 0 Å². The zero-order valence-corrected chi connectivity index (χ0v) is 20.5. The van der Waals surface area contributed by atoms with Crippen LogP contribution in [0.25, 0.3) is 10.8 Å². The van der Waals surface area contributed by atoms with Gasteiger partial charge in [-0.2, -0.15) is 0 Å². The van der Waals surface area contributed by atoms with Crippen LogP contribution in [0.4, 0.5) is 24.2 Å². The fourth-order valence-electron chi connectivity index (χ4n) is 3.84. The predicted molar refractivity (Wildman–Crippen MR) is 135 cm³/mol. The summed E-state index contributed by atoms with van der Waals surface area (Å²) in [6, 6.07) is 12.3. The van der Waals surface area contributed by atoms with Crippen LogP contribution in [0.1, 0.15) is 12.0 Å².